The molecule has 0 bridgehead atoms. The van der Waals surface area contributed by atoms with Gasteiger partial charge in [-0.05, 0) is 24.6 Å². The quantitative estimate of drug-likeness (QED) is 0.627. The summed E-state index contributed by atoms with van der Waals surface area (Å²) in [5.41, 5.74) is 2.73. The molecule has 0 aromatic heterocycles. The normalized spacial score (nSPS) is 11.6. The molecule has 7 heteroatoms. The standard InChI is InChI=1S/C14H21N3O4/c1-9-4-5-10(8-11(9)17(2)3)16-14(21)15-7-6-12(18)13(19)20/h4-5,8,12,18H,6-7H2,1-3H3,(H,19,20)(H2,15,16,21). The summed E-state index contributed by atoms with van der Waals surface area (Å²) in [6, 6.07) is 5.09. The van der Waals surface area contributed by atoms with Gasteiger partial charge in [-0.25, -0.2) is 9.59 Å². The van der Waals surface area contributed by atoms with Crippen molar-refractivity contribution in [1.29, 1.82) is 0 Å². The first kappa shape index (κ1) is 16.8. The molecule has 0 fully saturated rings. The third-order valence-electron chi connectivity index (χ3n) is 2.94. The van der Waals surface area contributed by atoms with Crippen molar-refractivity contribution in [1.82, 2.24) is 5.32 Å². The van der Waals surface area contributed by atoms with Crippen molar-refractivity contribution in [2.24, 2.45) is 0 Å². The molecule has 0 aliphatic heterocycles. The van der Waals surface area contributed by atoms with Crippen molar-refractivity contribution in [3.8, 4) is 0 Å². The summed E-state index contributed by atoms with van der Waals surface area (Å²) in [6.07, 6.45) is -1.51. The molecule has 116 valence electrons. The summed E-state index contributed by atoms with van der Waals surface area (Å²) in [5, 5.41) is 22.7. The van der Waals surface area contributed by atoms with Crippen LogP contribution >= 0.6 is 0 Å². The van der Waals surface area contributed by atoms with Gasteiger partial charge in [0, 0.05) is 38.4 Å². The zero-order valence-electron chi connectivity index (χ0n) is 12.4. The third-order valence-corrected chi connectivity index (χ3v) is 2.94. The van der Waals surface area contributed by atoms with Gasteiger partial charge in [0.2, 0.25) is 0 Å². The van der Waals surface area contributed by atoms with Gasteiger partial charge in [0.25, 0.3) is 0 Å². The second-order valence-electron chi connectivity index (χ2n) is 4.92. The lowest BCUT2D eigenvalue weighted by Crippen LogP contribution is -2.33. The maximum absolute atomic E-state index is 11.7. The van der Waals surface area contributed by atoms with Crippen LogP contribution in [0, 0.1) is 6.92 Å². The molecule has 1 atom stereocenters. The highest BCUT2D eigenvalue weighted by Crippen LogP contribution is 2.22. The smallest absolute Gasteiger partial charge is 0.332 e. The van der Waals surface area contributed by atoms with Crippen LogP contribution in [0.25, 0.3) is 0 Å². The van der Waals surface area contributed by atoms with E-state index >= 15 is 0 Å². The number of aliphatic carboxylic acids is 1. The van der Waals surface area contributed by atoms with E-state index in [-0.39, 0.29) is 13.0 Å². The largest absolute Gasteiger partial charge is 0.479 e. The number of carbonyl (C=O) groups excluding carboxylic acids is 1. The zero-order chi connectivity index (χ0) is 16.0. The molecule has 1 aromatic carbocycles. The monoisotopic (exact) mass is 295 g/mol. The number of rotatable bonds is 6. The number of nitrogens with zero attached hydrogens (tertiary/aromatic N) is 1. The molecule has 0 saturated carbocycles. The minimum atomic E-state index is -1.47. The van der Waals surface area contributed by atoms with Gasteiger partial charge in [-0.15, -0.1) is 0 Å². The molecule has 0 aliphatic rings. The van der Waals surface area contributed by atoms with Crippen molar-refractivity contribution in [2.75, 3.05) is 30.9 Å². The Bertz CT molecular complexity index is 517. The molecule has 4 N–H and O–H groups in total. The van der Waals surface area contributed by atoms with Gasteiger partial charge >= 0.3 is 12.0 Å². The number of anilines is 2. The molecular formula is C14H21N3O4. The Hall–Kier alpha value is -2.28. The lowest BCUT2D eigenvalue weighted by atomic mass is 10.1. The molecule has 0 aliphatic carbocycles. The van der Waals surface area contributed by atoms with Crippen LogP contribution in [-0.4, -0.2) is 49.0 Å². The molecule has 0 radical (unpaired) electrons. The Morgan fingerprint density at radius 1 is 1.33 bits per heavy atom. The number of amides is 2. The molecule has 0 heterocycles. The first-order valence-corrected chi connectivity index (χ1v) is 6.55. The van der Waals surface area contributed by atoms with Gasteiger partial charge in [0.1, 0.15) is 0 Å². The number of carboxylic acid groups (broad SMARTS) is 1. The van der Waals surface area contributed by atoms with Crippen molar-refractivity contribution in [3.63, 3.8) is 0 Å². The number of hydrogen-bond donors (Lipinski definition) is 4. The molecule has 0 saturated heterocycles. The van der Waals surface area contributed by atoms with E-state index in [2.05, 4.69) is 10.6 Å². The van der Waals surface area contributed by atoms with Crippen LogP contribution < -0.4 is 15.5 Å². The zero-order valence-corrected chi connectivity index (χ0v) is 12.4. The summed E-state index contributed by atoms with van der Waals surface area (Å²) >= 11 is 0. The summed E-state index contributed by atoms with van der Waals surface area (Å²) in [6.45, 7) is 2.05. The number of carboxylic acids is 1. The first-order chi connectivity index (χ1) is 9.81. The number of urea groups is 1. The predicted octanol–water partition coefficient (Wildman–Crippen LogP) is 1.02. The van der Waals surface area contributed by atoms with Crippen LogP contribution in [-0.2, 0) is 4.79 Å². The fraction of sp³-hybridized carbons (Fsp3) is 0.429. The van der Waals surface area contributed by atoms with Crippen LogP contribution in [0.4, 0.5) is 16.2 Å². The number of aliphatic hydroxyl groups is 1. The lowest BCUT2D eigenvalue weighted by molar-refractivity contribution is -0.146. The molecule has 7 nitrogen and oxygen atoms in total. The van der Waals surface area contributed by atoms with Crippen LogP contribution in [0.15, 0.2) is 18.2 Å². The van der Waals surface area contributed by atoms with E-state index in [9.17, 15) is 9.59 Å². The number of hydrogen-bond acceptors (Lipinski definition) is 4. The summed E-state index contributed by atoms with van der Waals surface area (Å²) in [4.78, 5) is 24.0. The van der Waals surface area contributed by atoms with E-state index in [0.29, 0.717) is 5.69 Å². The number of benzene rings is 1. The van der Waals surface area contributed by atoms with E-state index in [0.717, 1.165) is 11.3 Å². The summed E-state index contributed by atoms with van der Waals surface area (Å²) in [7, 11) is 3.83. The molecule has 21 heavy (non-hydrogen) atoms. The molecule has 1 aromatic rings. The van der Waals surface area contributed by atoms with E-state index in [1.807, 2.05) is 38.1 Å². The Balaban J connectivity index is 2.52. The number of carbonyl (C=O) groups is 2. The highest BCUT2D eigenvalue weighted by molar-refractivity contribution is 5.90. The highest BCUT2D eigenvalue weighted by Gasteiger charge is 2.13. The third kappa shape index (κ3) is 5.31. The van der Waals surface area contributed by atoms with E-state index < -0.39 is 18.1 Å². The lowest BCUT2D eigenvalue weighted by Gasteiger charge is -2.17. The maximum atomic E-state index is 11.7. The van der Waals surface area contributed by atoms with Crippen LogP contribution in [0.5, 0.6) is 0 Å². The average Bonchev–Trinajstić information content (AvgIpc) is 2.40. The number of nitrogens with one attached hydrogen (secondary N) is 2. The maximum Gasteiger partial charge on any atom is 0.332 e. The topological polar surface area (TPSA) is 102 Å². The van der Waals surface area contributed by atoms with Crippen molar-refractivity contribution in [3.05, 3.63) is 23.8 Å². The highest BCUT2D eigenvalue weighted by atomic mass is 16.4. The minimum absolute atomic E-state index is 0.0421. The van der Waals surface area contributed by atoms with Gasteiger partial charge in [0.05, 0.1) is 0 Å². The molecular weight excluding hydrogens is 274 g/mol. The fourth-order valence-corrected chi connectivity index (χ4v) is 1.79. The molecule has 2 amide bonds. The van der Waals surface area contributed by atoms with Gasteiger partial charge in [0.15, 0.2) is 6.10 Å². The molecule has 1 rings (SSSR count). The first-order valence-electron chi connectivity index (χ1n) is 6.55. The van der Waals surface area contributed by atoms with Crippen LogP contribution in [0.2, 0.25) is 0 Å². The van der Waals surface area contributed by atoms with Crippen molar-refractivity contribution >= 4 is 23.4 Å². The Morgan fingerprint density at radius 2 is 2.00 bits per heavy atom. The predicted molar refractivity (Wildman–Crippen MR) is 80.8 cm³/mol. The van der Waals surface area contributed by atoms with Crippen LogP contribution in [0.1, 0.15) is 12.0 Å². The summed E-state index contributed by atoms with van der Waals surface area (Å²) in [5.74, 6) is -1.30. The van der Waals surface area contributed by atoms with E-state index in [1.54, 1.807) is 6.07 Å². The van der Waals surface area contributed by atoms with E-state index in [1.165, 1.54) is 0 Å². The van der Waals surface area contributed by atoms with Gasteiger partial charge in [-0.1, -0.05) is 6.07 Å². The second-order valence-corrected chi connectivity index (χ2v) is 4.92. The fourth-order valence-electron chi connectivity index (χ4n) is 1.79. The Morgan fingerprint density at radius 3 is 2.57 bits per heavy atom. The minimum Gasteiger partial charge on any atom is -0.479 e. The number of aliphatic hydroxyl groups excluding tert-OH is 1. The second kappa shape index (κ2) is 7.49. The Labute approximate surface area is 123 Å². The summed E-state index contributed by atoms with van der Waals surface area (Å²) < 4.78 is 0. The van der Waals surface area contributed by atoms with Gasteiger partial charge < -0.3 is 25.7 Å². The Kier molecular flexibility index (Phi) is 5.98. The molecule has 0 spiro atoms. The molecule has 1 unspecified atom stereocenters. The number of aryl methyl sites for hydroxylation is 1. The van der Waals surface area contributed by atoms with Crippen molar-refractivity contribution in [2.45, 2.75) is 19.4 Å². The SMILES string of the molecule is Cc1ccc(NC(=O)NCCC(O)C(=O)O)cc1N(C)C. The average molecular weight is 295 g/mol. The van der Waals surface area contributed by atoms with Gasteiger partial charge in [-0.3, -0.25) is 0 Å². The van der Waals surface area contributed by atoms with Crippen LogP contribution in [0.3, 0.4) is 0 Å². The van der Waals surface area contributed by atoms with Crippen molar-refractivity contribution < 1.29 is 19.8 Å². The van der Waals surface area contributed by atoms with Gasteiger partial charge in [-0.2, -0.15) is 0 Å². The van der Waals surface area contributed by atoms with E-state index in [4.69, 9.17) is 10.2 Å².